The average Bonchev–Trinajstić information content (AvgIpc) is 2.41. The number of hydrogen-bond acceptors (Lipinski definition) is 3. The summed E-state index contributed by atoms with van der Waals surface area (Å²) in [5.41, 5.74) is -0.0871. The average molecular weight is 308 g/mol. The zero-order valence-corrected chi connectivity index (χ0v) is 13.9. The Labute approximate surface area is 132 Å². The van der Waals surface area contributed by atoms with Gasteiger partial charge in [0.25, 0.3) is 0 Å². The molecule has 2 N–H and O–H groups in total. The van der Waals surface area contributed by atoms with Crippen LogP contribution >= 0.6 is 0 Å². The molecule has 4 saturated carbocycles. The van der Waals surface area contributed by atoms with E-state index in [0.29, 0.717) is 0 Å². The van der Waals surface area contributed by atoms with Crippen molar-refractivity contribution in [3.05, 3.63) is 0 Å². The van der Waals surface area contributed by atoms with Gasteiger partial charge in [0.15, 0.2) is 0 Å². The molecule has 0 saturated heterocycles. The fourth-order valence-electron chi connectivity index (χ4n) is 5.55. The summed E-state index contributed by atoms with van der Waals surface area (Å²) in [5, 5.41) is 5.76. The van der Waals surface area contributed by atoms with E-state index in [9.17, 15) is 9.59 Å². The molecule has 0 aliphatic heterocycles. The van der Waals surface area contributed by atoms with E-state index >= 15 is 0 Å². The molecule has 0 spiro atoms. The third-order valence-electron chi connectivity index (χ3n) is 5.83. The number of amides is 2. The summed E-state index contributed by atoms with van der Waals surface area (Å²) in [5.74, 6) is 1.90. The van der Waals surface area contributed by atoms with E-state index in [1.807, 2.05) is 13.8 Å². The van der Waals surface area contributed by atoms with Crippen LogP contribution in [0.3, 0.4) is 0 Å². The highest BCUT2D eigenvalue weighted by Crippen LogP contribution is 2.61. The number of carbonyl (C=O) groups excluding carboxylic acids is 2. The summed E-state index contributed by atoms with van der Waals surface area (Å²) in [4.78, 5) is 24.5. The van der Waals surface area contributed by atoms with Gasteiger partial charge in [-0.1, -0.05) is 0 Å². The van der Waals surface area contributed by atoms with Crippen molar-refractivity contribution < 1.29 is 14.3 Å². The van der Waals surface area contributed by atoms with Crippen LogP contribution in [-0.4, -0.2) is 31.2 Å². The van der Waals surface area contributed by atoms with Crippen LogP contribution in [0.15, 0.2) is 0 Å². The summed E-state index contributed by atoms with van der Waals surface area (Å²) in [6.45, 7) is 3.83. The summed E-state index contributed by atoms with van der Waals surface area (Å²) in [6.07, 6.45) is 7.10. The molecule has 5 nitrogen and oxygen atoms in total. The molecule has 0 aromatic rings. The Morgan fingerprint density at radius 3 is 1.91 bits per heavy atom. The van der Waals surface area contributed by atoms with Gasteiger partial charge in [-0.2, -0.15) is 0 Å². The van der Waals surface area contributed by atoms with E-state index in [1.54, 1.807) is 0 Å². The Bertz CT molecular complexity index is 426. The molecular formula is C17H28N2O3. The monoisotopic (exact) mass is 308 g/mol. The highest BCUT2D eigenvalue weighted by Gasteiger charge is 2.56. The minimum absolute atomic E-state index is 0.0506. The van der Waals surface area contributed by atoms with Crippen LogP contribution < -0.4 is 10.6 Å². The lowest BCUT2D eigenvalue weighted by Crippen LogP contribution is -2.61. The molecule has 4 aliphatic carbocycles. The number of ether oxygens (including phenoxy) is 1. The summed E-state index contributed by atoms with van der Waals surface area (Å²) >= 11 is 0. The largest absolute Gasteiger partial charge is 0.467 e. The van der Waals surface area contributed by atoms with E-state index in [4.69, 9.17) is 4.74 Å². The Balaban J connectivity index is 1.80. The molecule has 0 heterocycles. The minimum atomic E-state index is -0.510. The predicted octanol–water partition coefficient (Wildman–Crippen LogP) is 2.45. The van der Waals surface area contributed by atoms with Gasteiger partial charge in [0.05, 0.1) is 7.11 Å². The lowest BCUT2D eigenvalue weighted by molar-refractivity contribution is -0.154. The Morgan fingerprint density at radius 2 is 1.50 bits per heavy atom. The molecule has 4 rings (SSSR count). The molecule has 1 unspecified atom stereocenters. The van der Waals surface area contributed by atoms with Gasteiger partial charge >= 0.3 is 12.0 Å². The number of rotatable bonds is 4. The van der Waals surface area contributed by atoms with Gasteiger partial charge in [-0.05, 0) is 70.1 Å². The van der Waals surface area contributed by atoms with Gasteiger partial charge in [0, 0.05) is 11.5 Å². The number of hydrogen-bond donors (Lipinski definition) is 2. The van der Waals surface area contributed by atoms with Crippen LogP contribution in [0.4, 0.5) is 4.79 Å². The zero-order valence-electron chi connectivity index (χ0n) is 13.9. The second kappa shape index (κ2) is 5.74. The molecule has 22 heavy (non-hydrogen) atoms. The normalized spacial score (nSPS) is 37.0. The molecule has 2 amide bonds. The SMILES string of the molecule is COC(=O)C(NC(=O)NC(C)C)C12CC3CC(CC(C3)C1)C2. The van der Waals surface area contributed by atoms with E-state index in [0.717, 1.165) is 37.0 Å². The molecule has 0 aromatic carbocycles. The summed E-state index contributed by atoms with van der Waals surface area (Å²) in [7, 11) is 1.41. The second-order valence-electron chi connectivity index (χ2n) is 8.01. The van der Waals surface area contributed by atoms with Crippen molar-refractivity contribution in [1.29, 1.82) is 0 Å². The van der Waals surface area contributed by atoms with Gasteiger partial charge in [0.2, 0.25) is 0 Å². The topological polar surface area (TPSA) is 67.4 Å². The summed E-state index contributed by atoms with van der Waals surface area (Å²) in [6, 6.07) is -0.722. The second-order valence-corrected chi connectivity index (χ2v) is 8.01. The van der Waals surface area contributed by atoms with Crippen LogP contribution in [0.5, 0.6) is 0 Å². The van der Waals surface area contributed by atoms with Crippen molar-refractivity contribution in [2.24, 2.45) is 23.2 Å². The first-order chi connectivity index (χ1) is 10.4. The van der Waals surface area contributed by atoms with Crippen LogP contribution in [0.1, 0.15) is 52.4 Å². The van der Waals surface area contributed by atoms with Crippen molar-refractivity contribution in [3.8, 4) is 0 Å². The van der Waals surface area contributed by atoms with Crippen LogP contribution in [0.2, 0.25) is 0 Å². The Morgan fingerprint density at radius 1 is 1.00 bits per heavy atom. The fourth-order valence-corrected chi connectivity index (χ4v) is 5.55. The van der Waals surface area contributed by atoms with Crippen LogP contribution in [-0.2, 0) is 9.53 Å². The molecule has 0 radical (unpaired) electrons. The third-order valence-corrected chi connectivity index (χ3v) is 5.83. The first kappa shape index (κ1) is 15.6. The fraction of sp³-hybridized carbons (Fsp3) is 0.882. The number of carbonyl (C=O) groups is 2. The van der Waals surface area contributed by atoms with Crippen molar-refractivity contribution in [3.63, 3.8) is 0 Å². The first-order valence-electron chi connectivity index (χ1n) is 8.56. The van der Waals surface area contributed by atoms with Crippen LogP contribution in [0.25, 0.3) is 0 Å². The first-order valence-corrected chi connectivity index (χ1v) is 8.56. The van der Waals surface area contributed by atoms with Gasteiger partial charge in [0.1, 0.15) is 6.04 Å². The smallest absolute Gasteiger partial charge is 0.329 e. The maximum absolute atomic E-state index is 12.4. The third kappa shape index (κ3) is 2.82. The van der Waals surface area contributed by atoms with E-state index in [-0.39, 0.29) is 23.5 Å². The molecule has 4 bridgehead atoms. The maximum atomic E-state index is 12.4. The number of nitrogens with one attached hydrogen (secondary N) is 2. The van der Waals surface area contributed by atoms with E-state index in [1.165, 1.54) is 26.4 Å². The number of urea groups is 1. The quantitative estimate of drug-likeness (QED) is 0.784. The molecule has 4 aliphatic rings. The van der Waals surface area contributed by atoms with Crippen molar-refractivity contribution in [2.45, 2.75) is 64.5 Å². The number of methoxy groups -OCH3 is 1. The highest BCUT2D eigenvalue weighted by molar-refractivity contribution is 5.84. The van der Waals surface area contributed by atoms with Gasteiger partial charge in [-0.25, -0.2) is 9.59 Å². The molecule has 1 atom stereocenters. The van der Waals surface area contributed by atoms with E-state index in [2.05, 4.69) is 10.6 Å². The van der Waals surface area contributed by atoms with Gasteiger partial charge < -0.3 is 15.4 Å². The zero-order chi connectivity index (χ0) is 15.9. The summed E-state index contributed by atoms with van der Waals surface area (Å²) < 4.78 is 5.03. The minimum Gasteiger partial charge on any atom is -0.467 e. The Kier molecular flexibility index (Phi) is 4.08. The molecule has 5 heteroatoms. The molecule has 124 valence electrons. The van der Waals surface area contributed by atoms with Gasteiger partial charge in [-0.15, -0.1) is 0 Å². The predicted molar refractivity (Wildman–Crippen MR) is 83.2 cm³/mol. The standard InChI is InChI=1S/C17H28N2O3/c1-10(2)18-16(21)19-14(15(20)22-3)17-7-11-4-12(8-17)6-13(5-11)9-17/h10-14H,4-9H2,1-3H3,(H2,18,19,21). The number of esters is 1. The molecule has 4 fully saturated rings. The van der Waals surface area contributed by atoms with Crippen LogP contribution in [0, 0.1) is 23.2 Å². The molecule has 0 aromatic heterocycles. The van der Waals surface area contributed by atoms with Crippen molar-refractivity contribution in [1.82, 2.24) is 10.6 Å². The highest BCUT2D eigenvalue weighted by atomic mass is 16.5. The Hall–Kier alpha value is -1.26. The van der Waals surface area contributed by atoms with Crippen molar-refractivity contribution >= 4 is 12.0 Å². The van der Waals surface area contributed by atoms with E-state index < -0.39 is 6.04 Å². The lowest BCUT2D eigenvalue weighted by atomic mass is 9.47. The maximum Gasteiger partial charge on any atom is 0.329 e. The molecular weight excluding hydrogens is 280 g/mol. The van der Waals surface area contributed by atoms with Crippen molar-refractivity contribution in [2.75, 3.05) is 7.11 Å². The van der Waals surface area contributed by atoms with Gasteiger partial charge in [-0.3, -0.25) is 0 Å². The lowest BCUT2D eigenvalue weighted by Gasteiger charge is -2.58.